The van der Waals surface area contributed by atoms with Gasteiger partial charge in [0.2, 0.25) is 0 Å². The lowest BCUT2D eigenvalue weighted by atomic mass is 9.95. The third-order valence-corrected chi connectivity index (χ3v) is 3.41. The molecule has 0 aromatic carbocycles. The number of carbonyl (C=O) groups is 1. The summed E-state index contributed by atoms with van der Waals surface area (Å²) in [5.41, 5.74) is 0. The van der Waals surface area contributed by atoms with Gasteiger partial charge >= 0.3 is 5.97 Å². The monoisotopic (exact) mass is 227 g/mol. The van der Waals surface area contributed by atoms with Gasteiger partial charge in [0.05, 0.1) is 0 Å². The van der Waals surface area contributed by atoms with Gasteiger partial charge in [-0.05, 0) is 51.1 Å². The molecule has 1 aliphatic heterocycles. The largest absolute Gasteiger partial charge is 0.462 e. The maximum absolute atomic E-state index is 11.6. The van der Waals surface area contributed by atoms with Crippen molar-refractivity contribution in [1.29, 1.82) is 0 Å². The molecule has 16 heavy (non-hydrogen) atoms. The highest BCUT2D eigenvalue weighted by molar-refractivity contribution is 5.69. The van der Waals surface area contributed by atoms with E-state index in [0.29, 0.717) is 18.3 Å². The number of piperidine rings is 1. The molecular formula is C13H25NO2. The van der Waals surface area contributed by atoms with E-state index in [9.17, 15) is 4.79 Å². The number of esters is 1. The quantitative estimate of drug-likeness (QED) is 0.733. The van der Waals surface area contributed by atoms with E-state index in [1.807, 2.05) is 6.92 Å². The van der Waals surface area contributed by atoms with Crippen molar-refractivity contribution in [3.8, 4) is 0 Å². The molecule has 3 heteroatoms. The lowest BCUT2D eigenvalue weighted by Crippen LogP contribution is -2.30. The van der Waals surface area contributed by atoms with Crippen LogP contribution in [0.5, 0.6) is 0 Å². The van der Waals surface area contributed by atoms with Crippen LogP contribution in [0.2, 0.25) is 0 Å². The van der Waals surface area contributed by atoms with Gasteiger partial charge in [0.25, 0.3) is 0 Å². The van der Waals surface area contributed by atoms with Crippen LogP contribution in [-0.2, 0) is 9.53 Å². The summed E-state index contributed by atoms with van der Waals surface area (Å²) in [5, 5.41) is 3.37. The number of hydrogen-bond donors (Lipinski definition) is 1. The molecule has 2 atom stereocenters. The van der Waals surface area contributed by atoms with Gasteiger partial charge in [-0.1, -0.05) is 13.8 Å². The summed E-state index contributed by atoms with van der Waals surface area (Å²) >= 11 is 0. The van der Waals surface area contributed by atoms with E-state index in [0.717, 1.165) is 19.5 Å². The Labute approximate surface area is 98.9 Å². The van der Waals surface area contributed by atoms with E-state index < -0.39 is 0 Å². The highest BCUT2D eigenvalue weighted by Crippen LogP contribution is 2.17. The average Bonchev–Trinajstić information content (AvgIpc) is 2.27. The van der Waals surface area contributed by atoms with Gasteiger partial charge in [-0.3, -0.25) is 4.79 Å². The second-order valence-electron chi connectivity index (χ2n) is 5.19. The molecule has 1 heterocycles. The van der Waals surface area contributed by atoms with Gasteiger partial charge in [-0.25, -0.2) is 0 Å². The lowest BCUT2D eigenvalue weighted by molar-refractivity contribution is -0.150. The van der Waals surface area contributed by atoms with Gasteiger partial charge in [-0.2, -0.15) is 0 Å². The van der Waals surface area contributed by atoms with Crippen LogP contribution in [0, 0.1) is 11.8 Å². The molecule has 0 amide bonds. The zero-order chi connectivity index (χ0) is 12.0. The van der Waals surface area contributed by atoms with E-state index >= 15 is 0 Å². The molecule has 1 fully saturated rings. The summed E-state index contributed by atoms with van der Waals surface area (Å²) in [7, 11) is 0. The van der Waals surface area contributed by atoms with Gasteiger partial charge in [0, 0.05) is 6.42 Å². The normalized spacial score (nSPS) is 23.1. The third-order valence-electron chi connectivity index (χ3n) is 3.41. The fourth-order valence-corrected chi connectivity index (χ4v) is 1.89. The predicted octanol–water partition coefficient (Wildman–Crippen LogP) is 2.35. The third kappa shape index (κ3) is 4.97. The standard InChI is InChI=1S/C13H25NO2/c1-10(2)11(3)16-13(15)7-6-12-5-4-8-14-9-12/h10-12,14H,4-9H2,1-3H3. The van der Waals surface area contributed by atoms with Crippen LogP contribution in [0.15, 0.2) is 0 Å². The van der Waals surface area contributed by atoms with E-state index in [4.69, 9.17) is 4.74 Å². The molecule has 0 radical (unpaired) electrons. The predicted molar refractivity (Wildman–Crippen MR) is 65.2 cm³/mol. The molecule has 0 saturated carbocycles. The van der Waals surface area contributed by atoms with E-state index in [1.54, 1.807) is 0 Å². The van der Waals surface area contributed by atoms with Crippen molar-refractivity contribution in [3.63, 3.8) is 0 Å². The van der Waals surface area contributed by atoms with E-state index in [-0.39, 0.29) is 12.1 Å². The Morgan fingerprint density at radius 2 is 2.19 bits per heavy atom. The molecule has 0 spiro atoms. The zero-order valence-corrected chi connectivity index (χ0v) is 10.8. The Hall–Kier alpha value is -0.570. The zero-order valence-electron chi connectivity index (χ0n) is 10.8. The van der Waals surface area contributed by atoms with Gasteiger partial charge < -0.3 is 10.1 Å². The highest BCUT2D eigenvalue weighted by atomic mass is 16.5. The molecule has 0 aromatic rings. The Bertz CT molecular complexity index is 210. The smallest absolute Gasteiger partial charge is 0.306 e. The summed E-state index contributed by atoms with van der Waals surface area (Å²) < 4.78 is 5.34. The fourth-order valence-electron chi connectivity index (χ4n) is 1.89. The van der Waals surface area contributed by atoms with Crippen molar-refractivity contribution in [2.75, 3.05) is 13.1 Å². The van der Waals surface area contributed by atoms with Crippen LogP contribution in [0.25, 0.3) is 0 Å². The van der Waals surface area contributed by atoms with Crippen molar-refractivity contribution in [2.24, 2.45) is 11.8 Å². The number of nitrogens with one attached hydrogen (secondary N) is 1. The summed E-state index contributed by atoms with van der Waals surface area (Å²) in [6.45, 7) is 8.30. The maximum Gasteiger partial charge on any atom is 0.306 e. The fraction of sp³-hybridized carbons (Fsp3) is 0.923. The first-order valence-electron chi connectivity index (χ1n) is 6.49. The summed E-state index contributed by atoms with van der Waals surface area (Å²) in [4.78, 5) is 11.6. The molecule has 1 N–H and O–H groups in total. The Morgan fingerprint density at radius 3 is 2.75 bits per heavy atom. The molecule has 0 aliphatic carbocycles. The molecule has 1 saturated heterocycles. The van der Waals surface area contributed by atoms with Crippen LogP contribution < -0.4 is 5.32 Å². The van der Waals surface area contributed by atoms with Crippen LogP contribution in [0.4, 0.5) is 0 Å². The second-order valence-corrected chi connectivity index (χ2v) is 5.19. The lowest BCUT2D eigenvalue weighted by Gasteiger charge is -2.23. The van der Waals surface area contributed by atoms with Crippen molar-refractivity contribution < 1.29 is 9.53 Å². The minimum absolute atomic E-state index is 0.0354. The molecule has 1 rings (SSSR count). The number of carbonyl (C=O) groups excluding carboxylic acids is 1. The van der Waals surface area contributed by atoms with Crippen molar-refractivity contribution in [1.82, 2.24) is 5.32 Å². The van der Waals surface area contributed by atoms with Crippen molar-refractivity contribution in [3.05, 3.63) is 0 Å². The molecule has 3 nitrogen and oxygen atoms in total. The summed E-state index contributed by atoms with van der Waals surface area (Å²) in [6, 6.07) is 0. The van der Waals surface area contributed by atoms with Crippen molar-refractivity contribution >= 4 is 5.97 Å². The Morgan fingerprint density at radius 1 is 1.44 bits per heavy atom. The molecule has 0 aromatic heterocycles. The first-order valence-corrected chi connectivity index (χ1v) is 6.49. The molecule has 1 aliphatic rings. The summed E-state index contributed by atoms with van der Waals surface area (Å²) in [6.07, 6.45) is 4.07. The Kier molecular flexibility index (Phi) is 5.81. The van der Waals surface area contributed by atoms with Crippen LogP contribution in [0.3, 0.4) is 0 Å². The number of rotatable bonds is 5. The average molecular weight is 227 g/mol. The van der Waals surface area contributed by atoms with Gasteiger partial charge in [0.1, 0.15) is 6.10 Å². The van der Waals surface area contributed by atoms with E-state index in [2.05, 4.69) is 19.2 Å². The number of ether oxygens (including phenoxy) is 1. The topological polar surface area (TPSA) is 38.3 Å². The minimum atomic E-state index is -0.0354. The number of hydrogen-bond acceptors (Lipinski definition) is 3. The molecule has 0 bridgehead atoms. The first-order chi connectivity index (χ1) is 7.59. The minimum Gasteiger partial charge on any atom is -0.462 e. The first kappa shape index (κ1) is 13.5. The van der Waals surface area contributed by atoms with E-state index in [1.165, 1.54) is 12.8 Å². The van der Waals surface area contributed by atoms with Gasteiger partial charge in [0.15, 0.2) is 0 Å². The van der Waals surface area contributed by atoms with Crippen LogP contribution in [0.1, 0.15) is 46.5 Å². The molecular weight excluding hydrogens is 202 g/mol. The molecule has 94 valence electrons. The van der Waals surface area contributed by atoms with Crippen LogP contribution in [-0.4, -0.2) is 25.2 Å². The van der Waals surface area contributed by atoms with Gasteiger partial charge in [-0.15, -0.1) is 0 Å². The second kappa shape index (κ2) is 6.89. The summed E-state index contributed by atoms with van der Waals surface area (Å²) in [5.74, 6) is 1.03. The maximum atomic E-state index is 11.6. The van der Waals surface area contributed by atoms with Crippen molar-refractivity contribution in [2.45, 2.75) is 52.6 Å². The highest BCUT2D eigenvalue weighted by Gasteiger charge is 2.17. The van der Waals surface area contributed by atoms with Crippen LogP contribution >= 0.6 is 0 Å². The Balaban J connectivity index is 2.14. The SMILES string of the molecule is CC(C)C(C)OC(=O)CCC1CCCNC1. The molecule has 2 unspecified atom stereocenters.